The second-order valence-corrected chi connectivity index (χ2v) is 9.51. The number of hydrogen-bond acceptors (Lipinski definition) is 3. The van der Waals surface area contributed by atoms with Crippen molar-refractivity contribution in [2.24, 2.45) is 11.3 Å². The van der Waals surface area contributed by atoms with E-state index >= 15 is 0 Å². The summed E-state index contributed by atoms with van der Waals surface area (Å²) in [5.41, 5.74) is 0.659. The summed E-state index contributed by atoms with van der Waals surface area (Å²) in [7, 11) is 0. The van der Waals surface area contributed by atoms with Crippen molar-refractivity contribution in [1.82, 2.24) is 10.2 Å². The Balaban J connectivity index is 1.42. The lowest BCUT2D eigenvalue weighted by Gasteiger charge is -2.38. The van der Waals surface area contributed by atoms with Gasteiger partial charge in [0.2, 0.25) is 11.8 Å². The SMILES string of the molecule is O=C(C1CC=CC1)N1[C@@H]2CC[C@H]1[C@@](Cc1ccccc1)(C(=O)NC1CCOCC1)C2. The van der Waals surface area contributed by atoms with Crippen molar-refractivity contribution in [3.8, 4) is 0 Å². The number of benzene rings is 1. The zero-order valence-electron chi connectivity index (χ0n) is 17.6. The molecule has 0 unspecified atom stereocenters. The number of fused-ring (bicyclic) bond motifs is 2. The van der Waals surface area contributed by atoms with Gasteiger partial charge in [0.25, 0.3) is 0 Å². The summed E-state index contributed by atoms with van der Waals surface area (Å²) in [6.45, 7) is 1.42. The molecule has 5 heteroatoms. The van der Waals surface area contributed by atoms with Crippen LogP contribution in [0.2, 0.25) is 0 Å². The van der Waals surface area contributed by atoms with E-state index in [-0.39, 0.29) is 35.9 Å². The molecular weight excluding hydrogens is 376 g/mol. The minimum atomic E-state index is -0.524. The number of hydrogen-bond donors (Lipinski definition) is 1. The smallest absolute Gasteiger partial charge is 0.228 e. The van der Waals surface area contributed by atoms with E-state index < -0.39 is 5.41 Å². The van der Waals surface area contributed by atoms with Gasteiger partial charge in [-0.15, -0.1) is 0 Å². The highest BCUT2D eigenvalue weighted by Crippen LogP contribution is 2.52. The minimum Gasteiger partial charge on any atom is -0.381 e. The van der Waals surface area contributed by atoms with Crippen LogP contribution in [0.1, 0.15) is 50.5 Å². The molecule has 3 heterocycles. The zero-order valence-corrected chi connectivity index (χ0v) is 17.6. The molecule has 2 amide bonds. The third-order valence-electron chi connectivity index (χ3n) is 7.72. The normalized spacial score (nSPS) is 31.4. The first kappa shape index (κ1) is 19.8. The predicted octanol–water partition coefficient (Wildman–Crippen LogP) is 3.24. The number of nitrogens with one attached hydrogen (secondary N) is 1. The van der Waals surface area contributed by atoms with E-state index in [4.69, 9.17) is 4.74 Å². The number of allylic oxidation sites excluding steroid dienone is 2. The van der Waals surface area contributed by atoms with Crippen molar-refractivity contribution in [2.45, 2.75) is 69.5 Å². The topological polar surface area (TPSA) is 58.6 Å². The van der Waals surface area contributed by atoms with E-state index in [1.807, 2.05) is 18.2 Å². The second kappa shape index (κ2) is 8.18. The second-order valence-electron chi connectivity index (χ2n) is 9.51. The highest BCUT2D eigenvalue weighted by Gasteiger charge is 2.61. The summed E-state index contributed by atoms with van der Waals surface area (Å²) in [5, 5.41) is 3.37. The Labute approximate surface area is 178 Å². The van der Waals surface area contributed by atoms with E-state index in [2.05, 4.69) is 34.5 Å². The van der Waals surface area contributed by atoms with E-state index in [0.29, 0.717) is 19.6 Å². The van der Waals surface area contributed by atoms with Crippen LogP contribution < -0.4 is 5.32 Å². The van der Waals surface area contributed by atoms with E-state index in [1.165, 1.54) is 5.56 Å². The summed E-state index contributed by atoms with van der Waals surface area (Å²) in [4.78, 5) is 29.3. The molecule has 1 aromatic carbocycles. The van der Waals surface area contributed by atoms with Crippen LogP contribution in [0.15, 0.2) is 42.5 Å². The van der Waals surface area contributed by atoms with Crippen molar-refractivity contribution in [3.05, 3.63) is 48.0 Å². The largest absolute Gasteiger partial charge is 0.381 e. The molecule has 4 aliphatic rings. The van der Waals surface area contributed by atoms with Gasteiger partial charge in [0, 0.05) is 37.3 Å². The Morgan fingerprint density at radius 1 is 1.03 bits per heavy atom. The van der Waals surface area contributed by atoms with Gasteiger partial charge in [-0.25, -0.2) is 0 Å². The molecule has 1 aromatic rings. The molecule has 5 nitrogen and oxygen atoms in total. The van der Waals surface area contributed by atoms with E-state index in [1.54, 1.807) is 0 Å². The van der Waals surface area contributed by atoms with E-state index in [9.17, 15) is 9.59 Å². The maximum Gasteiger partial charge on any atom is 0.228 e. The Kier molecular flexibility index (Phi) is 5.40. The molecule has 3 saturated heterocycles. The molecule has 3 atom stereocenters. The molecule has 0 spiro atoms. The minimum absolute atomic E-state index is 0.00986. The van der Waals surface area contributed by atoms with Gasteiger partial charge in [-0.05, 0) is 56.9 Å². The molecule has 1 N–H and O–H groups in total. The van der Waals surface area contributed by atoms with Gasteiger partial charge in [-0.3, -0.25) is 9.59 Å². The molecule has 0 radical (unpaired) electrons. The number of carbonyl (C=O) groups is 2. The van der Waals surface area contributed by atoms with Crippen molar-refractivity contribution in [1.29, 1.82) is 0 Å². The highest BCUT2D eigenvalue weighted by atomic mass is 16.5. The molecular formula is C25H32N2O3. The molecule has 1 aliphatic carbocycles. The number of nitrogens with zero attached hydrogens (tertiary/aromatic N) is 1. The zero-order chi connectivity index (χ0) is 20.6. The first-order chi connectivity index (χ1) is 14.7. The predicted molar refractivity (Wildman–Crippen MR) is 115 cm³/mol. The van der Waals surface area contributed by atoms with Gasteiger partial charge in [0.1, 0.15) is 0 Å². The van der Waals surface area contributed by atoms with Gasteiger partial charge >= 0.3 is 0 Å². The molecule has 3 fully saturated rings. The lowest BCUT2D eigenvalue weighted by molar-refractivity contribution is -0.139. The van der Waals surface area contributed by atoms with Gasteiger partial charge in [0.15, 0.2) is 0 Å². The Bertz CT molecular complexity index is 809. The van der Waals surface area contributed by atoms with Crippen LogP contribution in [0.25, 0.3) is 0 Å². The molecule has 3 aliphatic heterocycles. The van der Waals surface area contributed by atoms with Crippen molar-refractivity contribution < 1.29 is 14.3 Å². The average Bonchev–Trinajstić information content (AvgIpc) is 3.51. The first-order valence-corrected chi connectivity index (χ1v) is 11.6. The monoisotopic (exact) mass is 408 g/mol. The summed E-state index contributed by atoms with van der Waals surface area (Å²) in [6, 6.07) is 10.7. The molecule has 5 rings (SSSR count). The van der Waals surface area contributed by atoms with Gasteiger partial charge in [0.05, 0.1) is 5.41 Å². The van der Waals surface area contributed by atoms with Crippen molar-refractivity contribution in [2.75, 3.05) is 13.2 Å². The molecule has 30 heavy (non-hydrogen) atoms. The van der Waals surface area contributed by atoms with Crippen LogP contribution in [0.3, 0.4) is 0 Å². The Hall–Kier alpha value is -2.14. The molecule has 2 bridgehead atoms. The number of carbonyl (C=O) groups excluding carboxylic acids is 2. The van der Waals surface area contributed by atoms with Gasteiger partial charge in [-0.2, -0.15) is 0 Å². The number of ether oxygens (including phenoxy) is 1. The Morgan fingerprint density at radius 3 is 2.50 bits per heavy atom. The number of rotatable bonds is 5. The molecule has 0 saturated carbocycles. The summed E-state index contributed by atoms with van der Waals surface area (Å²) >= 11 is 0. The lowest BCUT2D eigenvalue weighted by Crippen LogP contribution is -2.54. The third-order valence-corrected chi connectivity index (χ3v) is 7.72. The van der Waals surface area contributed by atoms with Crippen LogP contribution >= 0.6 is 0 Å². The van der Waals surface area contributed by atoms with Crippen LogP contribution in [0, 0.1) is 11.3 Å². The fourth-order valence-electron chi connectivity index (χ4n) is 6.19. The van der Waals surface area contributed by atoms with Crippen molar-refractivity contribution in [3.63, 3.8) is 0 Å². The maximum atomic E-state index is 13.8. The van der Waals surface area contributed by atoms with E-state index in [0.717, 1.165) is 44.9 Å². The van der Waals surface area contributed by atoms with Crippen LogP contribution in [-0.4, -0.2) is 48.1 Å². The van der Waals surface area contributed by atoms with Crippen molar-refractivity contribution >= 4 is 11.8 Å². The van der Waals surface area contributed by atoms with Crippen LogP contribution in [0.5, 0.6) is 0 Å². The third kappa shape index (κ3) is 3.47. The number of amides is 2. The van der Waals surface area contributed by atoms with Gasteiger partial charge < -0.3 is 15.0 Å². The molecule has 160 valence electrons. The summed E-state index contributed by atoms with van der Waals surface area (Å²) in [5.74, 6) is 0.480. The average molecular weight is 409 g/mol. The Morgan fingerprint density at radius 2 is 1.77 bits per heavy atom. The van der Waals surface area contributed by atoms with Gasteiger partial charge in [-0.1, -0.05) is 42.5 Å². The lowest BCUT2D eigenvalue weighted by atomic mass is 9.69. The maximum absolute atomic E-state index is 13.8. The fourth-order valence-corrected chi connectivity index (χ4v) is 6.19. The molecule has 0 aromatic heterocycles. The quantitative estimate of drug-likeness (QED) is 0.761. The first-order valence-electron chi connectivity index (χ1n) is 11.6. The fraction of sp³-hybridized carbons (Fsp3) is 0.600. The van der Waals surface area contributed by atoms with Crippen LogP contribution in [0.4, 0.5) is 0 Å². The summed E-state index contributed by atoms with van der Waals surface area (Å²) in [6.07, 6.45) is 11.1. The summed E-state index contributed by atoms with van der Waals surface area (Å²) < 4.78 is 5.47. The standard InChI is InChI=1S/C25H32N2O3/c28-23(19-8-4-5-9-19)27-21-10-11-22(27)25(17-21,16-18-6-2-1-3-7-18)24(29)26-20-12-14-30-15-13-20/h1-7,19-22H,8-17H2,(H,26,29)/t21-,22+,25+/m1/s1. The van der Waals surface area contributed by atoms with Crippen LogP contribution in [-0.2, 0) is 20.7 Å². The highest BCUT2D eigenvalue weighted by molar-refractivity contribution is 5.88.